The monoisotopic (exact) mass is 421 g/mol. The normalized spacial score (nSPS) is 13.2. The minimum Gasteiger partial charge on any atom is -0.481 e. The van der Waals surface area contributed by atoms with Crippen molar-refractivity contribution in [1.82, 2.24) is 0 Å². The van der Waals surface area contributed by atoms with Gasteiger partial charge >= 0.3 is 5.97 Å². The molecule has 0 aliphatic heterocycles. The van der Waals surface area contributed by atoms with Crippen LogP contribution >= 0.6 is 12.6 Å². The number of aliphatic carboxylic acids is 1. The fourth-order valence-corrected chi connectivity index (χ4v) is 3.83. The summed E-state index contributed by atoms with van der Waals surface area (Å²) >= 11 is 4.18. The Morgan fingerprint density at radius 1 is 0.931 bits per heavy atom. The molecule has 5 heteroatoms. The van der Waals surface area contributed by atoms with E-state index < -0.39 is 12.0 Å². The number of unbranched alkanes of at least 4 members (excludes halogenated alkanes) is 4. The highest BCUT2D eigenvalue weighted by Crippen LogP contribution is 2.20. The predicted octanol–water partition coefficient (Wildman–Crippen LogP) is 5.22. The lowest BCUT2D eigenvalue weighted by molar-refractivity contribution is -0.137. The molecule has 1 rings (SSSR count). The average Bonchev–Trinajstić information content (AvgIpc) is 2.72. The van der Waals surface area contributed by atoms with Gasteiger partial charge in [0, 0.05) is 18.1 Å². The van der Waals surface area contributed by atoms with E-state index in [0.29, 0.717) is 5.75 Å². The Labute approximate surface area is 182 Å². The maximum Gasteiger partial charge on any atom is 0.303 e. The number of aryl methyl sites for hydroxylation is 2. The first kappa shape index (κ1) is 25.7. The fraction of sp³-hybridized carbons (Fsp3) is 0.667. The number of carbonyl (C=O) groups is 2. The Balaban J connectivity index is 2.31. The van der Waals surface area contributed by atoms with Crippen molar-refractivity contribution in [3.05, 3.63) is 35.4 Å². The number of hydrogen-bond donors (Lipinski definition) is 3. The Morgan fingerprint density at radius 2 is 1.48 bits per heavy atom. The van der Waals surface area contributed by atoms with Crippen molar-refractivity contribution in [1.29, 1.82) is 0 Å². The first-order chi connectivity index (χ1) is 14.0. The largest absolute Gasteiger partial charge is 0.481 e. The van der Waals surface area contributed by atoms with Crippen molar-refractivity contribution in [3.8, 4) is 0 Å². The van der Waals surface area contributed by atoms with Gasteiger partial charge in [-0.3, -0.25) is 9.59 Å². The molecule has 1 aromatic rings. The standard InChI is InChI=1S/C24H39NO3S/c1-2-3-11-21(24(28)22(25)18-29)12-8-7-10-20-16-14-19(15-17-20)9-5-4-6-13-23(26)27/h14-17,21-22,29H,2-13,18,25H2,1H3,(H,26,27)/t21-,22+/m1/s1. The molecule has 0 bridgehead atoms. The molecule has 164 valence electrons. The lowest BCUT2D eigenvalue weighted by Gasteiger charge is -2.18. The Kier molecular flexibility index (Phi) is 13.7. The van der Waals surface area contributed by atoms with Crippen molar-refractivity contribution < 1.29 is 14.7 Å². The second kappa shape index (κ2) is 15.5. The second-order valence-corrected chi connectivity index (χ2v) is 8.41. The third-order valence-corrected chi connectivity index (χ3v) is 5.91. The van der Waals surface area contributed by atoms with E-state index in [4.69, 9.17) is 10.8 Å². The minimum absolute atomic E-state index is 0.0839. The van der Waals surface area contributed by atoms with Crippen molar-refractivity contribution in [3.63, 3.8) is 0 Å². The highest BCUT2D eigenvalue weighted by atomic mass is 32.1. The van der Waals surface area contributed by atoms with E-state index in [2.05, 4.69) is 43.8 Å². The van der Waals surface area contributed by atoms with Gasteiger partial charge in [-0.2, -0.15) is 12.6 Å². The van der Waals surface area contributed by atoms with Crippen LogP contribution in [0, 0.1) is 5.92 Å². The molecule has 2 atom stereocenters. The van der Waals surface area contributed by atoms with Crippen molar-refractivity contribution >= 4 is 24.4 Å². The van der Waals surface area contributed by atoms with Gasteiger partial charge in [0.05, 0.1) is 6.04 Å². The topological polar surface area (TPSA) is 80.4 Å². The summed E-state index contributed by atoms with van der Waals surface area (Å²) < 4.78 is 0. The fourth-order valence-electron chi connectivity index (χ4n) is 3.65. The summed E-state index contributed by atoms with van der Waals surface area (Å²) in [5.41, 5.74) is 8.56. The van der Waals surface area contributed by atoms with Crippen LogP contribution < -0.4 is 5.73 Å². The van der Waals surface area contributed by atoms with Gasteiger partial charge in [-0.05, 0) is 56.1 Å². The molecule has 0 aliphatic rings. The molecule has 1 aromatic carbocycles. The smallest absolute Gasteiger partial charge is 0.303 e. The number of thiol groups is 1. The summed E-state index contributed by atoms with van der Waals surface area (Å²) in [6, 6.07) is 8.33. The van der Waals surface area contributed by atoms with Crippen LogP contribution in [-0.2, 0) is 22.4 Å². The van der Waals surface area contributed by atoms with Crippen molar-refractivity contribution in [2.45, 2.75) is 90.0 Å². The van der Waals surface area contributed by atoms with Crippen LogP contribution in [0.3, 0.4) is 0 Å². The van der Waals surface area contributed by atoms with Gasteiger partial charge in [-0.25, -0.2) is 0 Å². The van der Waals surface area contributed by atoms with Gasteiger partial charge in [-0.1, -0.05) is 56.9 Å². The van der Waals surface area contributed by atoms with Gasteiger partial charge in [0.15, 0.2) is 5.78 Å². The molecular formula is C24H39NO3S. The van der Waals surface area contributed by atoms with E-state index in [1.165, 1.54) is 11.1 Å². The zero-order chi connectivity index (χ0) is 21.5. The molecule has 4 nitrogen and oxygen atoms in total. The SMILES string of the molecule is CCCC[C@H](CCCCc1ccc(CCCCCC(=O)O)cc1)C(=O)[C@@H](N)CS. The lowest BCUT2D eigenvalue weighted by Crippen LogP contribution is -2.37. The Morgan fingerprint density at radius 3 is 2.00 bits per heavy atom. The summed E-state index contributed by atoms with van der Waals surface area (Å²) in [5.74, 6) is -0.0189. The zero-order valence-corrected chi connectivity index (χ0v) is 18.8. The number of hydrogen-bond acceptors (Lipinski definition) is 4. The highest BCUT2D eigenvalue weighted by Gasteiger charge is 2.22. The number of nitrogens with two attached hydrogens (primary N) is 1. The zero-order valence-electron chi connectivity index (χ0n) is 17.9. The third kappa shape index (κ3) is 11.4. The number of Topliss-reactive ketones (excluding diaryl/α,β-unsaturated/α-hetero) is 1. The van der Waals surface area contributed by atoms with E-state index in [-0.39, 0.29) is 18.1 Å². The van der Waals surface area contributed by atoms with Gasteiger partial charge in [-0.15, -0.1) is 0 Å². The van der Waals surface area contributed by atoms with E-state index in [9.17, 15) is 9.59 Å². The van der Waals surface area contributed by atoms with Crippen molar-refractivity contribution in [2.75, 3.05) is 5.75 Å². The molecule has 0 aromatic heterocycles. The molecule has 0 radical (unpaired) electrons. The second-order valence-electron chi connectivity index (χ2n) is 8.05. The summed E-state index contributed by atoms with van der Waals surface area (Å²) in [5, 5.41) is 8.65. The molecule has 0 aliphatic carbocycles. The van der Waals surface area contributed by atoms with E-state index in [1.807, 2.05) is 0 Å². The number of ketones is 1. The van der Waals surface area contributed by atoms with E-state index >= 15 is 0 Å². The summed E-state index contributed by atoms with van der Waals surface area (Å²) in [7, 11) is 0. The maximum atomic E-state index is 12.4. The predicted molar refractivity (Wildman–Crippen MR) is 124 cm³/mol. The number of carboxylic acid groups (broad SMARTS) is 1. The molecule has 0 amide bonds. The van der Waals surface area contributed by atoms with Gasteiger partial charge in [0.2, 0.25) is 0 Å². The summed E-state index contributed by atoms with van der Waals surface area (Å²) in [6.07, 6.45) is 11.2. The number of benzene rings is 1. The minimum atomic E-state index is -0.708. The van der Waals surface area contributed by atoms with Crippen LogP contribution in [0.15, 0.2) is 24.3 Å². The molecule has 0 fully saturated rings. The molecule has 3 N–H and O–H groups in total. The van der Waals surface area contributed by atoms with Crippen LogP contribution in [0.1, 0.15) is 82.3 Å². The summed E-state index contributed by atoms with van der Waals surface area (Å²) in [6.45, 7) is 2.15. The van der Waals surface area contributed by atoms with Crippen LogP contribution in [0.4, 0.5) is 0 Å². The van der Waals surface area contributed by atoms with Crippen LogP contribution in [0.25, 0.3) is 0 Å². The van der Waals surface area contributed by atoms with Crippen LogP contribution in [0.5, 0.6) is 0 Å². The first-order valence-corrected chi connectivity index (χ1v) is 11.8. The molecule has 0 saturated carbocycles. The molecule has 29 heavy (non-hydrogen) atoms. The number of carboxylic acids is 1. The summed E-state index contributed by atoms with van der Waals surface area (Å²) in [4.78, 5) is 23.0. The number of rotatable bonds is 17. The van der Waals surface area contributed by atoms with Gasteiger partial charge in [0.25, 0.3) is 0 Å². The van der Waals surface area contributed by atoms with E-state index in [1.54, 1.807) is 0 Å². The molecule has 0 saturated heterocycles. The first-order valence-electron chi connectivity index (χ1n) is 11.2. The van der Waals surface area contributed by atoms with Gasteiger partial charge in [0.1, 0.15) is 0 Å². The van der Waals surface area contributed by atoms with E-state index in [0.717, 1.165) is 70.6 Å². The van der Waals surface area contributed by atoms with Crippen LogP contribution in [0.2, 0.25) is 0 Å². The molecule has 0 unspecified atom stereocenters. The van der Waals surface area contributed by atoms with Gasteiger partial charge < -0.3 is 10.8 Å². The highest BCUT2D eigenvalue weighted by molar-refractivity contribution is 7.80. The third-order valence-electron chi connectivity index (χ3n) is 5.52. The molecular weight excluding hydrogens is 382 g/mol. The van der Waals surface area contributed by atoms with Crippen molar-refractivity contribution in [2.24, 2.45) is 11.7 Å². The average molecular weight is 422 g/mol. The number of carbonyl (C=O) groups excluding carboxylic acids is 1. The Bertz CT molecular complexity index is 588. The lowest BCUT2D eigenvalue weighted by atomic mass is 9.88. The quantitative estimate of drug-likeness (QED) is 0.238. The maximum absolute atomic E-state index is 12.4. The Hall–Kier alpha value is -1.33. The van der Waals surface area contributed by atoms with Crippen LogP contribution in [-0.4, -0.2) is 28.7 Å². The molecule has 0 spiro atoms. The molecule has 0 heterocycles.